The van der Waals surface area contributed by atoms with Crippen LogP contribution in [-0.4, -0.2) is 59.0 Å². The Hall–Kier alpha value is -1.91. The summed E-state index contributed by atoms with van der Waals surface area (Å²) >= 11 is 1.45. The zero-order valence-corrected chi connectivity index (χ0v) is 16.6. The van der Waals surface area contributed by atoms with E-state index >= 15 is 0 Å². The lowest BCUT2D eigenvalue weighted by Gasteiger charge is -2.38. The minimum Gasteiger partial charge on any atom is -0.368 e. The molecule has 1 aromatic heterocycles. The SMILES string of the molecule is NC(=O)C(c1nc2ccccc2s1)N1CCNCC1C(=O)CCCCCNO. The van der Waals surface area contributed by atoms with Gasteiger partial charge in [0.15, 0.2) is 5.78 Å². The van der Waals surface area contributed by atoms with Crippen molar-refractivity contribution in [2.75, 3.05) is 26.2 Å². The van der Waals surface area contributed by atoms with Crippen LogP contribution in [0.3, 0.4) is 0 Å². The van der Waals surface area contributed by atoms with Crippen LogP contribution in [0, 0.1) is 0 Å². The minimum absolute atomic E-state index is 0.108. The number of benzene rings is 1. The molecule has 2 aromatic rings. The van der Waals surface area contributed by atoms with Gasteiger partial charge in [0.1, 0.15) is 11.0 Å². The Morgan fingerprint density at radius 2 is 2.18 bits per heavy atom. The van der Waals surface area contributed by atoms with Gasteiger partial charge in [0.25, 0.3) is 0 Å². The minimum atomic E-state index is -0.702. The van der Waals surface area contributed by atoms with Crippen LogP contribution in [0.25, 0.3) is 10.2 Å². The summed E-state index contributed by atoms with van der Waals surface area (Å²) in [5, 5.41) is 12.5. The third kappa shape index (κ3) is 4.92. The normalized spacial score (nSPS) is 19.0. The maximum Gasteiger partial charge on any atom is 0.241 e. The van der Waals surface area contributed by atoms with Crippen molar-refractivity contribution in [1.82, 2.24) is 20.7 Å². The third-order valence-corrected chi connectivity index (χ3v) is 6.10. The standard InChI is InChI=1S/C19H27N5O3S/c20-18(26)17(19-23-13-6-3-4-8-16(13)28-19)24-11-10-21-12-14(24)15(25)7-2-1-5-9-22-27/h3-4,6,8,14,17,21-22,27H,1-2,5,7,9-12H2,(H2,20,26). The second-order valence-corrected chi connectivity index (χ2v) is 8.03. The first-order valence-corrected chi connectivity index (χ1v) is 10.4. The van der Waals surface area contributed by atoms with Crippen LogP contribution >= 0.6 is 11.3 Å². The van der Waals surface area contributed by atoms with Crippen molar-refractivity contribution >= 4 is 33.2 Å². The number of carbonyl (C=O) groups is 2. The van der Waals surface area contributed by atoms with Crippen LogP contribution in [0.5, 0.6) is 0 Å². The van der Waals surface area contributed by atoms with Crippen molar-refractivity contribution in [3.63, 3.8) is 0 Å². The van der Waals surface area contributed by atoms with Crippen LogP contribution in [0.2, 0.25) is 0 Å². The van der Waals surface area contributed by atoms with Gasteiger partial charge in [0, 0.05) is 32.6 Å². The molecule has 5 N–H and O–H groups in total. The molecule has 2 unspecified atom stereocenters. The van der Waals surface area contributed by atoms with Gasteiger partial charge in [-0.15, -0.1) is 11.3 Å². The smallest absolute Gasteiger partial charge is 0.241 e. The van der Waals surface area contributed by atoms with E-state index in [-0.39, 0.29) is 5.78 Å². The predicted octanol–water partition coefficient (Wildman–Crippen LogP) is 1.20. The van der Waals surface area contributed by atoms with Gasteiger partial charge in [-0.25, -0.2) is 10.5 Å². The summed E-state index contributed by atoms with van der Waals surface area (Å²) in [5.74, 6) is -0.371. The van der Waals surface area contributed by atoms with Gasteiger partial charge < -0.3 is 16.3 Å². The summed E-state index contributed by atoms with van der Waals surface area (Å²) in [6.45, 7) is 2.29. The van der Waals surface area contributed by atoms with Crippen molar-refractivity contribution < 1.29 is 14.8 Å². The van der Waals surface area contributed by atoms with E-state index in [2.05, 4.69) is 15.8 Å². The first-order chi connectivity index (χ1) is 13.6. The van der Waals surface area contributed by atoms with Crippen LogP contribution in [0.4, 0.5) is 0 Å². The maximum absolute atomic E-state index is 12.9. The Morgan fingerprint density at radius 1 is 1.36 bits per heavy atom. The number of nitrogens with zero attached hydrogens (tertiary/aromatic N) is 2. The van der Waals surface area contributed by atoms with Crippen molar-refractivity contribution in [3.8, 4) is 0 Å². The Morgan fingerprint density at radius 3 is 2.93 bits per heavy atom. The molecule has 1 aromatic carbocycles. The van der Waals surface area contributed by atoms with Gasteiger partial charge in [-0.2, -0.15) is 0 Å². The van der Waals surface area contributed by atoms with E-state index in [1.165, 1.54) is 11.3 Å². The highest BCUT2D eigenvalue weighted by atomic mass is 32.1. The molecule has 1 saturated heterocycles. The zero-order chi connectivity index (χ0) is 19.9. The highest BCUT2D eigenvalue weighted by Gasteiger charge is 2.38. The number of nitrogens with two attached hydrogens (primary N) is 1. The molecule has 1 aliphatic rings. The number of carbonyl (C=O) groups excluding carboxylic acids is 2. The van der Waals surface area contributed by atoms with Crippen molar-refractivity contribution in [2.45, 2.75) is 37.8 Å². The van der Waals surface area contributed by atoms with E-state index < -0.39 is 18.0 Å². The number of amides is 1. The molecule has 2 atom stereocenters. The highest BCUT2D eigenvalue weighted by molar-refractivity contribution is 7.18. The molecule has 0 bridgehead atoms. The van der Waals surface area contributed by atoms with Crippen LogP contribution in [0.15, 0.2) is 24.3 Å². The molecular weight excluding hydrogens is 378 g/mol. The highest BCUT2D eigenvalue weighted by Crippen LogP contribution is 2.31. The molecule has 0 radical (unpaired) electrons. The number of Topliss-reactive ketones (excluding diaryl/α,β-unsaturated/α-hetero) is 1. The molecule has 1 aliphatic heterocycles. The largest absolute Gasteiger partial charge is 0.368 e. The number of hydroxylamine groups is 1. The van der Waals surface area contributed by atoms with Gasteiger partial charge in [-0.3, -0.25) is 14.5 Å². The number of fused-ring (bicyclic) bond motifs is 1. The summed E-state index contributed by atoms with van der Waals surface area (Å²) in [6, 6.07) is 6.63. The number of ketones is 1. The fourth-order valence-corrected chi connectivity index (χ4v) is 4.71. The second kappa shape index (κ2) is 10.0. The zero-order valence-electron chi connectivity index (χ0n) is 15.8. The lowest BCUT2D eigenvalue weighted by molar-refractivity contribution is -0.131. The average molecular weight is 406 g/mol. The van der Waals surface area contributed by atoms with Gasteiger partial charge in [0.2, 0.25) is 5.91 Å². The molecule has 9 heteroatoms. The van der Waals surface area contributed by atoms with E-state index in [0.717, 1.165) is 29.5 Å². The third-order valence-electron chi connectivity index (χ3n) is 5.01. The average Bonchev–Trinajstić information content (AvgIpc) is 3.11. The predicted molar refractivity (Wildman–Crippen MR) is 108 cm³/mol. The summed E-state index contributed by atoms with van der Waals surface area (Å²) < 4.78 is 0.999. The quantitative estimate of drug-likeness (QED) is 0.346. The number of rotatable bonds is 10. The number of nitrogens with one attached hydrogen (secondary N) is 2. The summed E-state index contributed by atoms with van der Waals surface area (Å²) in [7, 11) is 0. The molecule has 1 fully saturated rings. The molecule has 0 spiro atoms. The maximum atomic E-state index is 12.9. The molecule has 8 nitrogen and oxygen atoms in total. The first-order valence-electron chi connectivity index (χ1n) is 9.62. The number of para-hydroxylation sites is 1. The number of primary amides is 1. The molecule has 0 aliphatic carbocycles. The Bertz CT molecular complexity index is 779. The molecular formula is C19H27N5O3S. The topological polar surface area (TPSA) is 121 Å². The van der Waals surface area contributed by atoms with Gasteiger partial charge >= 0.3 is 0 Å². The van der Waals surface area contributed by atoms with Crippen LogP contribution < -0.4 is 16.5 Å². The van der Waals surface area contributed by atoms with E-state index in [4.69, 9.17) is 10.9 Å². The number of unbranched alkanes of at least 4 members (excludes halogenated alkanes) is 2. The van der Waals surface area contributed by atoms with Crippen molar-refractivity contribution in [3.05, 3.63) is 29.3 Å². The summed E-state index contributed by atoms with van der Waals surface area (Å²) in [4.78, 5) is 31.7. The molecule has 1 amide bonds. The molecule has 2 heterocycles. The Balaban J connectivity index is 1.75. The molecule has 152 valence electrons. The first kappa shape index (κ1) is 20.8. The summed E-state index contributed by atoms with van der Waals surface area (Å²) in [6.07, 6.45) is 2.87. The monoisotopic (exact) mass is 405 g/mol. The van der Waals surface area contributed by atoms with Gasteiger partial charge in [-0.1, -0.05) is 18.6 Å². The number of hydrogen-bond acceptors (Lipinski definition) is 8. The lowest BCUT2D eigenvalue weighted by atomic mass is 10.0. The van der Waals surface area contributed by atoms with Crippen molar-refractivity contribution in [1.29, 1.82) is 0 Å². The van der Waals surface area contributed by atoms with Gasteiger partial charge in [0.05, 0.1) is 16.3 Å². The van der Waals surface area contributed by atoms with Crippen molar-refractivity contribution in [2.24, 2.45) is 5.73 Å². The fourth-order valence-electron chi connectivity index (χ4n) is 3.61. The van der Waals surface area contributed by atoms with E-state index in [1.807, 2.05) is 29.2 Å². The molecule has 3 rings (SSSR count). The van der Waals surface area contributed by atoms with E-state index in [1.54, 1.807) is 0 Å². The Labute approximate surface area is 168 Å². The summed E-state index contributed by atoms with van der Waals surface area (Å²) in [5.41, 5.74) is 8.72. The number of thiazole rings is 1. The lowest BCUT2D eigenvalue weighted by Crippen LogP contribution is -2.57. The van der Waals surface area contributed by atoms with E-state index in [9.17, 15) is 9.59 Å². The van der Waals surface area contributed by atoms with E-state index in [0.29, 0.717) is 37.6 Å². The number of hydrogen-bond donors (Lipinski definition) is 4. The van der Waals surface area contributed by atoms with Crippen LogP contribution in [-0.2, 0) is 9.59 Å². The van der Waals surface area contributed by atoms with Crippen LogP contribution in [0.1, 0.15) is 36.7 Å². The number of aromatic nitrogens is 1. The molecule has 0 saturated carbocycles. The Kier molecular flexibility index (Phi) is 7.46. The number of piperazine rings is 1. The fraction of sp³-hybridized carbons (Fsp3) is 0.526. The molecule has 28 heavy (non-hydrogen) atoms. The van der Waals surface area contributed by atoms with Gasteiger partial charge in [-0.05, 0) is 25.0 Å². The second-order valence-electron chi connectivity index (χ2n) is 6.97.